The van der Waals surface area contributed by atoms with Crippen LogP contribution in [0, 0.1) is 5.41 Å². The Hall–Kier alpha value is -0.570. The Bertz CT molecular complexity index is 196. The number of aliphatic imine (C=N–C) groups is 1. The molecule has 1 fully saturated rings. The van der Waals surface area contributed by atoms with E-state index in [2.05, 4.69) is 38.1 Å². The van der Waals surface area contributed by atoms with Crippen LogP contribution in [0.3, 0.4) is 0 Å². The molecule has 12 heavy (non-hydrogen) atoms. The summed E-state index contributed by atoms with van der Waals surface area (Å²) in [6.45, 7) is 8.43. The van der Waals surface area contributed by atoms with Gasteiger partial charge in [-0.25, -0.2) is 5.84 Å². The Labute approximate surface area is 74.4 Å². The van der Waals surface area contributed by atoms with Gasteiger partial charge in [-0.05, 0) is 33.6 Å². The normalized spacial score (nSPS) is 22.2. The monoisotopic (exact) mass is 169 g/mol. The summed E-state index contributed by atoms with van der Waals surface area (Å²) in [5, 5.41) is 0. The molecule has 0 spiro atoms. The standard InChI is InChI=1S/C9H19N3/c1-8(2,3)11-7(12-10)9(4)5-6-9/h5-6,10H2,1-4H3,(H,11,12). The zero-order valence-corrected chi connectivity index (χ0v) is 8.44. The highest BCUT2D eigenvalue weighted by Crippen LogP contribution is 2.45. The van der Waals surface area contributed by atoms with Crippen LogP contribution in [-0.2, 0) is 0 Å². The van der Waals surface area contributed by atoms with Gasteiger partial charge in [-0.3, -0.25) is 4.99 Å². The molecule has 0 amide bonds. The minimum absolute atomic E-state index is 0.0344. The van der Waals surface area contributed by atoms with E-state index in [4.69, 9.17) is 5.84 Å². The molecule has 0 heterocycles. The summed E-state index contributed by atoms with van der Waals surface area (Å²) >= 11 is 0. The fraction of sp³-hybridized carbons (Fsp3) is 0.889. The number of hydrogen-bond acceptors (Lipinski definition) is 2. The quantitative estimate of drug-likeness (QED) is 0.270. The number of nitrogens with zero attached hydrogens (tertiary/aromatic N) is 1. The Morgan fingerprint density at radius 2 is 1.92 bits per heavy atom. The zero-order chi connectivity index (χ0) is 9.41. The van der Waals surface area contributed by atoms with E-state index in [-0.39, 0.29) is 11.0 Å². The van der Waals surface area contributed by atoms with Gasteiger partial charge in [0, 0.05) is 5.41 Å². The third-order valence-electron chi connectivity index (χ3n) is 2.16. The summed E-state index contributed by atoms with van der Waals surface area (Å²) in [6, 6.07) is 0. The highest BCUT2D eigenvalue weighted by atomic mass is 15.3. The lowest BCUT2D eigenvalue weighted by atomic mass is 10.1. The van der Waals surface area contributed by atoms with Crippen molar-refractivity contribution in [3.63, 3.8) is 0 Å². The number of amidine groups is 1. The highest BCUT2D eigenvalue weighted by molar-refractivity contribution is 5.89. The van der Waals surface area contributed by atoms with E-state index in [9.17, 15) is 0 Å². The van der Waals surface area contributed by atoms with E-state index in [0.717, 1.165) is 5.84 Å². The minimum Gasteiger partial charge on any atom is -0.312 e. The summed E-state index contributed by atoms with van der Waals surface area (Å²) < 4.78 is 0. The van der Waals surface area contributed by atoms with Crippen molar-refractivity contribution >= 4 is 5.84 Å². The van der Waals surface area contributed by atoms with E-state index < -0.39 is 0 Å². The second-order valence-corrected chi connectivity index (χ2v) is 4.84. The molecule has 0 atom stereocenters. The van der Waals surface area contributed by atoms with Crippen LogP contribution in [0.4, 0.5) is 0 Å². The third kappa shape index (κ3) is 2.21. The molecule has 0 unspecified atom stereocenters. The second-order valence-electron chi connectivity index (χ2n) is 4.84. The van der Waals surface area contributed by atoms with Gasteiger partial charge < -0.3 is 5.43 Å². The van der Waals surface area contributed by atoms with Gasteiger partial charge >= 0.3 is 0 Å². The van der Waals surface area contributed by atoms with Crippen LogP contribution >= 0.6 is 0 Å². The summed E-state index contributed by atoms with van der Waals surface area (Å²) in [6.07, 6.45) is 2.40. The fourth-order valence-corrected chi connectivity index (χ4v) is 1.10. The zero-order valence-electron chi connectivity index (χ0n) is 8.44. The smallest absolute Gasteiger partial charge is 0.117 e. The molecular formula is C9H19N3. The first kappa shape index (κ1) is 9.52. The number of hydrogen-bond donors (Lipinski definition) is 2. The molecule has 0 aliphatic heterocycles. The van der Waals surface area contributed by atoms with Crippen LogP contribution in [0.2, 0.25) is 0 Å². The summed E-state index contributed by atoms with van der Waals surface area (Å²) in [5.74, 6) is 6.38. The van der Waals surface area contributed by atoms with E-state index in [1.54, 1.807) is 0 Å². The fourth-order valence-electron chi connectivity index (χ4n) is 1.10. The SMILES string of the molecule is CC(C)(C)N=C(NN)C1(C)CC1. The van der Waals surface area contributed by atoms with E-state index in [1.165, 1.54) is 12.8 Å². The molecule has 0 radical (unpaired) electrons. The van der Waals surface area contributed by atoms with Gasteiger partial charge in [-0.1, -0.05) is 6.92 Å². The van der Waals surface area contributed by atoms with Crippen LogP contribution in [0.25, 0.3) is 0 Å². The van der Waals surface area contributed by atoms with Crippen LogP contribution in [0.5, 0.6) is 0 Å². The van der Waals surface area contributed by atoms with Gasteiger partial charge in [0.15, 0.2) is 0 Å². The predicted octanol–water partition coefficient (Wildman–Crippen LogP) is 1.45. The molecule has 0 saturated heterocycles. The molecule has 1 aliphatic carbocycles. The summed E-state index contributed by atoms with van der Waals surface area (Å²) in [7, 11) is 0. The lowest BCUT2D eigenvalue weighted by molar-refractivity contribution is 0.565. The number of nitrogens with two attached hydrogens (primary N) is 1. The van der Waals surface area contributed by atoms with E-state index in [0.29, 0.717) is 0 Å². The molecule has 70 valence electrons. The van der Waals surface area contributed by atoms with Crippen molar-refractivity contribution in [1.29, 1.82) is 0 Å². The van der Waals surface area contributed by atoms with E-state index in [1.807, 2.05) is 0 Å². The van der Waals surface area contributed by atoms with Crippen molar-refractivity contribution in [3.05, 3.63) is 0 Å². The van der Waals surface area contributed by atoms with Crippen molar-refractivity contribution < 1.29 is 0 Å². The van der Waals surface area contributed by atoms with Crippen LogP contribution in [0.1, 0.15) is 40.5 Å². The van der Waals surface area contributed by atoms with Crippen molar-refractivity contribution in [2.45, 2.75) is 46.1 Å². The molecule has 3 nitrogen and oxygen atoms in total. The Morgan fingerprint density at radius 3 is 2.17 bits per heavy atom. The second kappa shape index (κ2) is 2.73. The average molecular weight is 169 g/mol. The van der Waals surface area contributed by atoms with E-state index >= 15 is 0 Å². The van der Waals surface area contributed by atoms with Gasteiger partial charge in [0.1, 0.15) is 5.84 Å². The number of hydrazine groups is 1. The maximum atomic E-state index is 5.43. The molecule has 1 rings (SSSR count). The maximum absolute atomic E-state index is 5.43. The summed E-state index contributed by atoms with van der Waals surface area (Å²) in [5.41, 5.74) is 2.91. The Balaban J connectivity index is 2.75. The first-order valence-electron chi connectivity index (χ1n) is 4.44. The van der Waals surface area contributed by atoms with Crippen molar-refractivity contribution in [2.75, 3.05) is 0 Å². The number of nitrogens with one attached hydrogen (secondary N) is 1. The minimum atomic E-state index is -0.0344. The van der Waals surface area contributed by atoms with Gasteiger partial charge in [0.25, 0.3) is 0 Å². The first-order chi connectivity index (χ1) is 5.37. The molecule has 0 aromatic carbocycles. The van der Waals surface area contributed by atoms with Gasteiger partial charge in [0.05, 0.1) is 5.54 Å². The molecule has 3 N–H and O–H groups in total. The van der Waals surface area contributed by atoms with Crippen LogP contribution in [0.15, 0.2) is 4.99 Å². The lowest BCUT2D eigenvalue weighted by Gasteiger charge is -2.19. The van der Waals surface area contributed by atoms with Crippen molar-refractivity contribution in [2.24, 2.45) is 16.3 Å². The van der Waals surface area contributed by atoms with Gasteiger partial charge in [-0.2, -0.15) is 0 Å². The average Bonchev–Trinajstić information content (AvgIpc) is 2.62. The van der Waals surface area contributed by atoms with Gasteiger partial charge in [-0.15, -0.1) is 0 Å². The number of rotatable bonds is 1. The first-order valence-corrected chi connectivity index (χ1v) is 4.44. The topological polar surface area (TPSA) is 50.4 Å². The van der Waals surface area contributed by atoms with Crippen LogP contribution < -0.4 is 11.3 Å². The molecule has 3 heteroatoms. The summed E-state index contributed by atoms with van der Waals surface area (Å²) in [4.78, 5) is 4.54. The Morgan fingerprint density at radius 1 is 1.42 bits per heavy atom. The van der Waals surface area contributed by atoms with Crippen molar-refractivity contribution in [3.8, 4) is 0 Å². The highest BCUT2D eigenvalue weighted by Gasteiger charge is 2.43. The molecule has 1 saturated carbocycles. The molecule has 0 bridgehead atoms. The Kier molecular flexibility index (Phi) is 2.17. The maximum Gasteiger partial charge on any atom is 0.117 e. The largest absolute Gasteiger partial charge is 0.312 e. The van der Waals surface area contributed by atoms with Gasteiger partial charge in [0.2, 0.25) is 0 Å². The third-order valence-corrected chi connectivity index (χ3v) is 2.16. The molecule has 0 aromatic heterocycles. The lowest BCUT2D eigenvalue weighted by Crippen LogP contribution is -2.38. The molecule has 1 aliphatic rings. The predicted molar refractivity (Wildman–Crippen MR) is 51.9 cm³/mol. The van der Waals surface area contributed by atoms with Crippen LogP contribution in [-0.4, -0.2) is 11.4 Å². The van der Waals surface area contributed by atoms with Crippen molar-refractivity contribution in [1.82, 2.24) is 5.43 Å². The molecular weight excluding hydrogens is 150 g/mol. The molecule has 0 aromatic rings.